The smallest absolute Gasteiger partial charge is 0.221 e. The number of rotatable bonds is 3. The summed E-state index contributed by atoms with van der Waals surface area (Å²) in [7, 11) is 0. The zero-order valence-corrected chi connectivity index (χ0v) is 8.43. The SMILES string of the molecule is CC(=O)NC1=COC(CO)CC1(O)CO. The van der Waals surface area contributed by atoms with Crippen LogP contribution < -0.4 is 5.32 Å². The number of ether oxygens (including phenoxy) is 1. The Hall–Kier alpha value is -1.11. The summed E-state index contributed by atoms with van der Waals surface area (Å²) in [5, 5.41) is 30.3. The number of aliphatic hydroxyl groups is 3. The summed E-state index contributed by atoms with van der Waals surface area (Å²) in [5.41, 5.74) is -1.45. The topological polar surface area (TPSA) is 99.0 Å². The van der Waals surface area contributed by atoms with Crippen molar-refractivity contribution < 1.29 is 24.9 Å². The molecule has 0 radical (unpaired) electrons. The summed E-state index contributed by atoms with van der Waals surface area (Å²) in [6, 6.07) is 0. The fraction of sp³-hybridized carbons (Fsp3) is 0.667. The van der Waals surface area contributed by atoms with Crippen LogP contribution in [0.15, 0.2) is 12.0 Å². The maximum absolute atomic E-state index is 10.8. The highest BCUT2D eigenvalue weighted by Gasteiger charge is 2.38. The molecule has 1 aliphatic heterocycles. The van der Waals surface area contributed by atoms with E-state index in [1.807, 2.05) is 0 Å². The molecule has 2 unspecified atom stereocenters. The molecule has 1 rings (SSSR count). The van der Waals surface area contributed by atoms with Crippen LogP contribution in [0.3, 0.4) is 0 Å². The average Bonchev–Trinajstić information content (AvgIpc) is 2.20. The Balaban J connectivity index is 2.83. The lowest BCUT2D eigenvalue weighted by molar-refractivity contribution is -0.120. The van der Waals surface area contributed by atoms with Crippen LogP contribution >= 0.6 is 0 Å². The molecule has 0 saturated carbocycles. The normalized spacial score (nSPS) is 30.4. The Morgan fingerprint density at radius 2 is 2.40 bits per heavy atom. The van der Waals surface area contributed by atoms with E-state index in [4.69, 9.17) is 14.9 Å². The van der Waals surface area contributed by atoms with Gasteiger partial charge < -0.3 is 25.4 Å². The van der Waals surface area contributed by atoms with Gasteiger partial charge in [0.05, 0.1) is 18.9 Å². The second-order valence-corrected chi connectivity index (χ2v) is 3.55. The molecule has 0 aromatic carbocycles. The summed E-state index contributed by atoms with van der Waals surface area (Å²) < 4.78 is 5.04. The molecule has 0 aromatic heterocycles. The van der Waals surface area contributed by atoms with Crippen LogP contribution in [-0.4, -0.2) is 46.1 Å². The minimum atomic E-state index is -1.56. The molecule has 4 N–H and O–H groups in total. The Morgan fingerprint density at radius 3 is 2.87 bits per heavy atom. The first kappa shape index (κ1) is 12.0. The van der Waals surface area contributed by atoms with Gasteiger partial charge in [0.25, 0.3) is 0 Å². The summed E-state index contributed by atoms with van der Waals surface area (Å²) in [6.07, 6.45) is 0.619. The quantitative estimate of drug-likeness (QED) is 0.459. The first-order chi connectivity index (χ1) is 7.01. The lowest BCUT2D eigenvalue weighted by Gasteiger charge is -2.35. The summed E-state index contributed by atoms with van der Waals surface area (Å²) in [5.74, 6) is -0.362. The highest BCUT2D eigenvalue weighted by Crippen LogP contribution is 2.26. The van der Waals surface area contributed by atoms with Gasteiger partial charge in [0.2, 0.25) is 5.91 Å². The molecule has 0 saturated heterocycles. The lowest BCUT2D eigenvalue weighted by Crippen LogP contribution is -2.48. The molecule has 15 heavy (non-hydrogen) atoms. The second-order valence-electron chi connectivity index (χ2n) is 3.55. The van der Waals surface area contributed by atoms with Gasteiger partial charge in [-0.1, -0.05) is 0 Å². The highest BCUT2D eigenvalue weighted by molar-refractivity contribution is 5.75. The van der Waals surface area contributed by atoms with E-state index in [1.54, 1.807) is 0 Å². The maximum atomic E-state index is 10.8. The van der Waals surface area contributed by atoms with Crippen LogP contribution in [0.25, 0.3) is 0 Å². The Kier molecular flexibility index (Phi) is 3.67. The van der Waals surface area contributed by atoms with Crippen molar-refractivity contribution >= 4 is 5.91 Å². The second kappa shape index (κ2) is 4.61. The number of carbonyl (C=O) groups is 1. The number of carbonyl (C=O) groups excluding carboxylic acids is 1. The highest BCUT2D eigenvalue weighted by atomic mass is 16.5. The monoisotopic (exact) mass is 217 g/mol. The molecule has 1 amide bonds. The van der Waals surface area contributed by atoms with Gasteiger partial charge in [-0.25, -0.2) is 0 Å². The van der Waals surface area contributed by atoms with E-state index in [9.17, 15) is 9.90 Å². The van der Waals surface area contributed by atoms with Gasteiger partial charge in [0.1, 0.15) is 18.0 Å². The van der Waals surface area contributed by atoms with Crippen molar-refractivity contribution in [3.63, 3.8) is 0 Å². The molecule has 6 nitrogen and oxygen atoms in total. The fourth-order valence-corrected chi connectivity index (χ4v) is 1.40. The van der Waals surface area contributed by atoms with Crippen LogP contribution in [0.2, 0.25) is 0 Å². The molecular weight excluding hydrogens is 202 g/mol. The number of amides is 1. The molecular formula is C9H15NO5. The Labute approximate surface area is 87.2 Å². The van der Waals surface area contributed by atoms with Gasteiger partial charge in [-0.15, -0.1) is 0 Å². The standard InChI is InChI=1S/C9H15NO5/c1-6(13)10-8-4-15-7(3-11)2-9(8,14)5-12/h4,7,11-12,14H,2-3,5H2,1H3,(H,10,13). The van der Waals surface area contributed by atoms with Crippen molar-refractivity contribution in [2.24, 2.45) is 0 Å². The van der Waals surface area contributed by atoms with E-state index in [2.05, 4.69) is 5.32 Å². The Bertz CT molecular complexity index is 278. The molecule has 0 spiro atoms. The van der Waals surface area contributed by atoms with Crippen molar-refractivity contribution in [3.05, 3.63) is 12.0 Å². The van der Waals surface area contributed by atoms with E-state index in [-0.39, 0.29) is 24.6 Å². The van der Waals surface area contributed by atoms with Crippen LogP contribution in [-0.2, 0) is 9.53 Å². The zero-order chi connectivity index (χ0) is 11.5. The summed E-state index contributed by atoms with van der Waals surface area (Å²) >= 11 is 0. The first-order valence-electron chi connectivity index (χ1n) is 4.59. The van der Waals surface area contributed by atoms with Crippen LogP contribution in [0.1, 0.15) is 13.3 Å². The largest absolute Gasteiger partial charge is 0.494 e. The molecule has 1 heterocycles. The van der Waals surface area contributed by atoms with Crippen molar-refractivity contribution in [1.29, 1.82) is 0 Å². The zero-order valence-electron chi connectivity index (χ0n) is 8.43. The predicted octanol–water partition coefficient (Wildman–Crippen LogP) is -1.53. The van der Waals surface area contributed by atoms with Crippen molar-refractivity contribution in [3.8, 4) is 0 Å². The molecule has 0 fully saturated rings. The van der Waals surface area contributed by atoms with Gasteiger partial charge in [-0.3, -0.25) is 4.79 Å². The summed E-state index contributed by atoms with van der Waals surface area (Å²) in [6.45, 7) is 0.488. The molecule has 6 heteroatoms. The molecule has 0 aromatic rings. The Morgan fingerprint density at radius 1 is 1.73 bits per heavy atom. The number of aliphatic hydroxyl groups excluding tert-OH is 2. The van der Waals surface area contributed by atoms with E-state index in [0.717, 1.165) is 6.26 Å². The fourth-order valence-electron chi connectivity index (χ4n) is 1.40. The van der Waals surface area contributed by atoms with Crippen molar-refractivity contribution in [2.75, 3.05) is 13.2 Å². The van der Waals surface area contributed by atoms with Gasteiger partial charge >= 0.3 is 0 Å². The molecule has 1 aliphatic rings. The lowest BCUT2D eigenvalue weighted by atomic mass is 9.92. The van der Waals surface area contributed by atoms with Crippen molar-refractivity contribution in [1.82, 2.24) is 5.32 Å². The summed E-state index contributed by atoms with van der Waals surface area (Å²) in [4.78, 5) is 10.8. The van der Waals surface area contributed by atoms with Crippen LogP contribution in [0.4, 0.5) is 0 Å². The van der Waals surface area contributed by atoms with E-state index in [0.29, 0.717) is 0 Å². The molecule has 2 atom stereocenters. The first-order valence-corrected chi connectivity index (χ1v) is 4.59. The number of hydrogen-bond donors (Lipinski definition) is 4. The van der Waals surface area contributed by atoms with Crippen LogP contribution in [0, 0.1) is 0 Å². The van der Waals surface area contributed by atoms with E-state index >= 15 is 0 Å². The number of nitrogens with one attached hydrogen (secondary N) is 1. The molecule has 0 bridgehead atoms. The minimum Gasteiger partial charge on any atom is -0.494 e. The van der Waals surface area contributed by atoms with Gasteiger partial charge in [-0.05, 0) is 0 Å². The van der Waals surface area contributed by atoms with E-state index in [1.165, 1.54) is 6.92 Å². The van der Waals surface area contributed by atoms with Gasteiger partial charge in [-0.2, -0.15) is 0 Å². The molecule has 86 valence electrons. The van der Waals surface area contributed by atoms with Gasteiger partial charge in [0.15, 0.2) is 0 Å². The average molecular weight is 217 g/mol. The molecule has 0 aliphatic carbocycles. The minimum absolute atomic E-state index is 0.0338. The van der Waals surface area contributed by atoms with E-state index < -0.39 is 18.3 Å². The van der Waals surface area contributed by atoms with Crippen molar-refractivity contribution in [2.45, 2.75) is 25.0 Å². The predicted molar refractivity (Wildman–Crippen MR) is 50.5 cm³/mol. The van der Waals surface area contributed by atoms with Crippen LogP contribution in [0.5, 0.6) is 0 Å². The third-order valence-electron chi connectivity index (χ3n) is 2.22. The maximum Gasteiger partial charge on any atom is 0.221 e. The van der Waals surface area contributed by atoms with Gasteiger partial charge in [0, 0.05) is 13.3 Å². The third-order valence-corrected chi connectivity index (χ3v) is 2.22. The third kappa shape index (κ3) is 2.68. The number of hydrogen-bond acceptors (Lipinski definition) is 5.